The van der Waals surface area contributed by atoms with Crippen molar-refractivity contribution in [2.24, 2.45) is 5.73 Å². The Kier molecular flexibility index (Phi) is 6.07. The highest BCUT2D eigenvalue weighted by Crippen LogP contribution is 2.31. The number of alkyl halides is 3. The average molecular weight is 406 g/mol. The summed E-state index contributed by atoms with van der Waals surface area (Å²) >= 11 is 0. The van der Waals surface area contributed by atoms with Crippen molar-refractivity contribution < 1.29 is 22.7 Å². The Morgan fingerprint density at radius 3 is 2.76 bits per heavy atom. The van der Waals surface area contributed by atoms with E-state index in [0.717, 1.165) is 6.07 Å². The first-order valence-corrected chi connectivity index (χ1v) is 8.52. The fourth-order valence-electron chi connectivity index (χ4n) is 2.43. The molecule has 3 aromatic rings. The van der Waals surface area contributed by atoms with Crippen LogP contribution in [0.3, 0.4) is 0 Å². The van der Waals surface area contributed by atoms with Crippen LogP contribution >= 0.6 is 0 Å². The third-order valence-electron chi connectivity index (χ3n) is 3.80. The number of nitrogens with two attached hydrogens (primary N) is 1. The summed E-state index contributed by atoms with van der Waals surface area (Å²) in [4.78, 5) is 19.6. The van der Waals surface area contributed by atoms with E-state index < -0.39 is 11.9 Å². The predicted molar refractivity (Wildman–Crippen MR) is 96.0 cm³/mol. The second-order valence-electron chi connectivity index (χ2n) is 5.95. The van der Waals surface area contributed by atoms with Crippen LogP contribution in [0.25, 0.3) is 0 Å². The summed E-state index contributed by atoms with van der Waals surface area (Å²) in [7, 11) is 0. The third-order valence-corrected chi connectivity index (χ3v) is 3.80. The summed E-state index contributed by atoms with van der Waals surface area (Å²) in [6, 6.07) is 8.22. The molecule has 0 atom stereocenters. The number of nitrogens with one attached hydrogen (secondary N) is 1. The van der Waals surface area contributed by atoms with Crippen molar-refractivity contribution in [2.75, 3.05) is 6.54 Å². The summed E-state index contributed by atoms with van der Waals surface area (Å²) in [6.45, 7) is 0.663. The lowest BCUT2D eigenvalue weighted by molar-refractivity contribution is -0.141. The first-order valence-electron chi connectivity index (χ1n) is 8.52. The van der Waals surface area contributed by atoms with Crippen LogP contribution in [0, 0.1) is 0 Å². The van der Waals surface area contributed by atoms with Gasteiger partial charge < -0.3 is 15.8 Å². The fourth-order valence-corrected chi connectivity index (χ4v) is 2.43. The van der Waals surface area contributed by atoms with E-state index in [0.29, 0.717) is 13.1 Å². The van der Waals surface area contributed by atoms with Crippen LogP contribution < -0.4 is 15.8 Å². The molecule has 0 spiro atoms. The number of rotatable bonds is 7. The van der Waals surface area contributed by atoms with Gasteiger partial charge in [-0.3, -0.25) is 9.48 Å². The molecular weight excluding hydrogens is 389 g/mol. The lowest BCUT2D eigenvalue weighted by atomic mass is 10.2. The molecule has 0 bridgehead atoms. The highest BCUT2D eigenvalue weighted by Gasteiger charge is 2.33. The predicted octanol–water partition coefficient (Wildman–Crippen LogP) is 2.37. The van der Waals surface area contributed by atoms with Gasteiger partial charge in [-0.05, 0) is 29.8 Å². The molecule has 0 radical (unpaired) electrons. The minimum atomic E-state index is -4.63. The van der Waals surface area contributed by atoms with Crippen molar-refractivity contribution in [2.45, 2.75) is 19.3 Å². The summed E-state index contributed by atoms with van der Waals surface area (Å²) in [5, 5.41) is 6.64. The summed E-state index contributed by atoms with van der Waals surface area (Å²) < 4.78 is 46.0. The van der Waals surface area contributed by atoms with Crippen LogP contribution in [-0.2, 0) is 19.3 Å². The van der Waals surface area contributed by atoms with Gasteiger partial charge in [0.15, 0.2) is 0 Å². The number of amides is 1. The molecule has 0 fully saturated rings. The van der Waals surface area contributed by atoms with Crippen molar-refractivity contribution in [3.63, 3.8) is 0 Å². The van der Waals surface area contributed by atoms with Crippen LogP contribution in [0.5, 0.6) is 11.6 Å². The van der Waals surface area contributed by atoms with Crippen LogP contribution in [-0.4, -0.2) is 32.2 Å². The number of hydrogen-bond acceptors (Lipinski definition) is 6. The molecule has 0 saturated carbocycles. The average Bonchev–Trinajstić information content (AvgIpc) is 3.20. The Morgan fingerprint density at radius 1 is 1.24 bits per heavy atom. The van der Waals surface area contributed by atoms with E-state index in [1.807, 2.05) is 0 Å². The van der Waals surface area contributed by atoms with Crippen LogP contribution in [0.15, 0.2) is 49.1 Å². The zero-order valence-electron chi connectivity index (χ0n) is 15.1. The molecule has 29 heavy (non-hydrogen) atoms. The number of aromatic nitrogens is 4. The normalized spacial score (nSPS) is 11.3. The van der Waals surface area contributed by atoms with Gasteiger partial charge in [0.25, 0.3) is 5.91 Å². The van der Waals surface area contributed by atoms with Crippen molar-refractivity contribution in [3.8, 4) is 11.6 Å². The summed E-state index contributed by atoms with van der Waals surface area (Å²) in [5.74, 6) is -0.456. The molecule has 0 aliphatic carbocycles. The van der Waals surface area contributed by atoms with Gasteiger partial charge in [-0.25, -0.2) is 9.97 Å². The number of benzene rings is 1. The highest BCUT2D eigenvalue weighted by atomic mass is 19.4. The number of carbonyl (C=O) groups is 1. The second-order valence-corrected chi connectivity index (χ2v) is 5.95. The summed E-state index contributed by atoms with van der Waals surface area (Å²) in [5.41, 5.74) is 4.87. The Bertz CT molecular complexity index is 976. The molecule has 1 amide bonds. The number of halogens is 3. The van der Waals surface area contributed by atoms with Crippen LogP contribution in [0.1, 0.15) is 21.6 Å². The Labute approximate surface area is 163 Å². The smallest absolute Gasteiger partial charge is 0.433 e. The Morgan fingerprint density at radius 2 is 2.07 bits per heavy atom. The van der Waals surface area contributed by atoms with E-state index in [4.69, 9.17) is 10.5 Å². The van der Waals surface area contributed by atoms with Gasteiger partial charge in [0.1, 0.15) is 24.1 Å². The van der Waals surface area contributed by atoms with E-state index >= 15 is 0 Å². The van der Waals surface area contributed by atoms with E-state index in [2.05, 4.69) is 20.4 Å². The SMILES string of the molecule is NCc1cc(Oc2cccc(C(=O)NCCn3cncn3)c2)nc(C(F)(F)F)c1. The monoisotopic (exact) mass is 406 g/mol. The molecule has 0 aliphatic heterocycles. The van der Waals surface area contributed by atoms with Gasteiger partial charge in [0.05, 0.1) is 6.54 Å². The maximum atomic E-state index is 13.0. The molecule has 0 aliphatic rings. The van der Waals surface area contributed by atoms with Gasteiger partial charge in [-0.15, -0.1) is 0 Å². The molecule has 3 rings (SSSR count). The van der Waals surface area contributed by atoms with Gasteiger partial charge in [-0.1, -0.05) is 6.07 Å². The lowest BCUT2D eigenvalue weighted by Crippen LogP contribution is -2.27. The second kappa shape index (κ2) is 8.69. The van der Waals surface area contributed by atoms with Gasteiger partial charge >= 0.3 is 6.18 Å². The van der Waals surface area contributed by atoms with Crippen molar-refractivity contribution in [1.29, 1.82) is 0 Å². The molecule has 0 saturated heterocycles. The van der Waals surface area contributed by atoms with E-state index in [1.165, 1.54) is 30.9 Å². The minimum Gasteiger partial charge on any atom is -0.439 e. The standard InChI is InChI=1S/C18H17F3N6O2/c19-18(20,21)15-6-12(9-22)7-16(26-15)29-14-3-1-2-13(8-14)17(28)24-4-5-27-11-23-10-25-27/h1-3,6-8,10-11H,4-5,9,22H2,(H,24,28). The zero-order chi connectivity index (χ0) is 20.9. The zero-order valence-corrected chi connectivity index (χ0v) is 15.1. The molecule has 11 heteroatoms. The molecular formula is C18H17F3N6O2. The van der Waals surface area contributed by atoms with Gasteiger partial charge in [0.2, 0.25) is 5.88 Å². The maximum Gasteiger partial charge on any atom is 0.433 e. The highest BCUT2D eigenvalue weighted by molar-refractivity contribution is 5.94. The fraction of sp³-hybridized carbons (Fsp3) is 0.222. The minimum absolute atomic E-state index is 0.101. The third kappa shape index (κ3) is 5.51. The van der Waals surface area contributed by atoms with Crippen molar-refractivity contribution in [1.82, 2.24) is 25.1 Å². The number of carbonyl (C=O) groups excluding carboxylic acids is 1. The Balaban J connectivity index is 1.70. The quantitative estimate of drug-likeness (QED) is 0.624. The van der Waals surface area contributed by atoms with Crippen molar-refractivity contribution >= 4 is 5.91 Å². The molecule has 1 aromatic carbocycles. The number of nitrogens with zero attached hydrogens (tertiary/aromatic N) is 4. The lowest BCUT2D eigenvalue weighted by Gasteiger charge is -2.12. The first kappa shape index (κ1) is 20.3. The molecule has 8 nitrogen and oxygen atoms in total. The molecule has 2 aromatic heterocycles. The van der Waals surface area contributed by atoms with Crippen molar-refractivity contribution in [3.05, 3.63) is 65.9 Å². The largest absolute Gasteiger partial charge is 0.439 e. The maximum absolute atomic E-state index is 13.0. The molecule has 2 heterocycles. The molecule has 0 unspecified atom stereocenters. The molecule has 152 valence electrons. The van der Waals surface area contributed by atoms with Crippen LogP contribution in [0.4, 0.5) is 13.2 Å². The number of pyridine rings is 1. The van der Waals surface area contributed by atoms with E-state index in [-0.39, 0.29) is 35.2 Å². The molecule has 3 N–H and O–H groups in total. The van der Waals surface area contributed by atoms with E-state index in [1.54, 1.807) is 16.8 Å². The van der Waals surface area contributed by atoms with E-state index in [9.17, 15) is 18.0 Å². The summed E-state index contributed by atoms with van der Waals surface area (Å²) in [6.07, 6.45) is -1.71. The van der Waals surface area contributed by atoms with Crippen LogP contribution in [0.2, 0.25) is 0 Å². The van der Waals surface area contributed by atoms with Gasteiger partial charge in [-0.2, -0.15) is 18.3 Å². The first-order chi connectivity index (χ1) is 13.8. The Hall–Kier alpha value is -3.47. The number of hydrogen-bond donors (Lipinski definition) is 2. The number of ether oxygens (including phenoxy) is 1. The van der Waals surface area contributed by atoms with Gasteiger partial charge in [0, 0.05) is 24.7 Å². The topological polar surface area (TPSA) is 108 Å².